The molecule has 2 aliphatic heterocycles. The molecule has 6 heterocycles. The summed E-state index contributed by atoms with van der Waals surface area (Å²) in [4.78, 5) is 58.9. The van der Waals surface area contributed by atoms with Crippen molar-refractivity contribution in [2.45, 2.75) is 138 Å². The van der Waals surface area contributed by atoms with Crippen molar-refractivity contribution >= 4 is 69.6 Å². The minimum absolute atomic E-state index is 0. The number of carbonyl (C=O) groups is 2. The Morgan fingerprint density at radius 3 is 2.20 bits per heavy atom. The van der Waals surface area contributed by atoms with E-state index in [-0.39, 0.29) is 29.6 Å². The number of aryl methyl sites for hydroxylation is 3. The summed E-state index contributed by atoms with van der Waals surface area (Å²) in [6.07, 6.45) is 20.4. The molecule has 4 aromatic heterocycles. The number of unbranched alkanes of at least 4 members (excludes halogenated alkanes) is 7. The predicted octanol–water partition coefficient (Wildman–Crippen LogP) is 11.0. The van der Waals surface area contributed by atoms with Crippen LogP contribution in [0.3, 0.4) is 0 Å². The molecule has 0 saturated carbocycles. The summed E-state index contributed by atoms with van der Waals surface area (Å²) < 4.78 is 5.69. The van der Waals surface area contributed by atoms with Crippen molar-refractivity contribution in [3.05, 3.63) is 107 Å². The molecule has 4 aromatic rings. The van der Waals surface area contributed by atoms with Crippen LogP contribution in [0.2, 0.25) is 0 Å². The predicted molar refractivity (Wildman–Crippen MR) is 267 cm³/mol. The van der Waals surface area contributed by atoms with Crippen molar-refractivity contribution in [3.8, 4) is 0 Å². The van der Waals surface area contributed by atoms with E-state index in [9.17, 15) is 9.59 Å². The van der Waals surface area contributed by atoms with E-state index in [1.807, 2.05) is 26.0 Å². The average molecular weight is 941 g/mol. The molecule has 6 rings (SSSR count). The zero-order valence-electron chi connectivity index (χ0n) is 40.5. The Balaban J connectivity index is 0.000000338. The van der Waals surface area contributed by atoms with Gasteiger partial charge in [-0.3, -0.25) is 14.5 Å². The number of primary amides is 1. The third-order valence-corrected chi connectivity index (χ3v) is 12.5. The molecule has 8 bridgehead atoms. The number of hydrogen-bond donors (Lipinski definition) is 4. The summed E-state index contributed by atoms with van der Waals surface area (Å²) >= 11 is 0. The number of amides is 1. The number of rotatable bonds is 19. The Kier molecular flexibility index (Phi) is 21.5. The van der Waals surface area contributed by atoms with Gasteiger partial charge in [0.25, 0.3) is 6.79 Å². The molecule has 2 aliphatic rings. The first-order valence-corrected chi connectivity index (χ1v) is 23.0. The zero-order chi connectivity index (χ0) is 47.8. The molecule has 0 saturated heterocycles. The third kappa shape index (κ3) is 12.8. The van der Waals surface area contributed by atoms with Gasteiger partial charge in [-0.1, -0.05) is 91.0 Å². The van der Waals surface area contributed by atoms with Crippen LogP contribution in [0.4, 0.5) is 0 Å². The van der Waals surface area contributed by atoms with Gasteiger partial charge >= 0.3 is 5.97 Å². The van der Waals surface area contributed by atoms with Crippen LogP contribution in [-0.2, 0) is 49.0 Å². The van der Waals surface area contributed by atoms with Crippen LogP contribution in [0.5, 0.6) is 0 Å². The van der Waals surface area contributed by atoms with Gasteiger partial charge in [0.05, 0.1) is 40.9 Å². The molecule has 5 N–H and O–H groups in total. The van der Waals surface area contributed by atoms with E-state index in [1.54, 1.807) is 18.1 Å². The standard InChI is InChI=1S/C30H30N4.C22H40N4O3.CO.Fe/c1-8-22-18(6)26-15-28-23(9-2)19(7)30(34-28)24(10-3)29-17(5)12-21(32-29)13-20-11-16(4)25(31-20)14-27(22)33-26;1-5-7-8-9-10-11-12-13-14-18(3)29-21(28)22(20(23)27,26(4)6-2)15-19-16-24-17-25-19;1-2;/h8-9,11-15,32-33H,1-2,10H2,3-7H3;16-18H,5-15H2,1-4H3,(H2,23,27)(H,24,25);;/t;18?,22-;;/m.1../s1/i;27+2;;. The van der Waals surface area contributed by atoms with E-state index in [0.29, 0.717) is 12.2 Å². The number of ether oxygens (including phenoxy) is 1. The number of allylic oxidation sites excluding steroid dienone is 4. The van der Waals surface area contributed by atoms with Gasteiger partial charge in [-0.15, -0.1) is 0 Å². The zero-order valence-corrected chi connectivity index (χ0v) is 41.6. The summed E-state index contributed by atoms with van der Waals surface area (Å²) in [5, 5.41) is 0. The molecule has 354 valence electrons. The molecule has 0 aliphatic carbocycles. The van der Waals surface area contributed by atoms with Crippen molar-refractivity contribution < 1.29 is 36.2 Å². The fourth-order valence-corrected chi connectivity index (χ4v) is 8.63. The number of aromatic nitrogens is 6. The maximum atomic E-state index is 13.1. The Morgan fingerprint density at radius 2 is 1.61 bits per heavy atom. The van der Waals surface area contributed by atoms with Crippen molar-refractivity contribution in [2.24, 2.45) is 5.73 Å². The van der Waals surface area contributed by atoms with Crippen molar-refractivity contribution in [2.75, 3.05) is 13.6 Å². The maximum absolute atomic E-state index is 13.1. The van der Waals surface area contributed by atoms with Crippen molar-refractivity contribution in [1.82, 2.24) is 34.8 Å². The van der Waals surface area contributed by atoms with Crippen LogP contribution in [0.1, 0.15) is 150 Å². The molecule has 2 radical (unpaired) electrons. The van der Waals surface area contributed by atoms with Crippen LogP contribution in [-0.4, -0.2) is 78.7 Å². The summed E-state index contributed by atoms with van der Waals surface area (Å²) in [5.74, 6) is -1.31. The number of nitrogens with two attached hydrogens (primary N) is 1. The van der Waals surface area contributed by atoms with E-state index in [1.165, 1.54) is 56.0 Å². The SMILES string of the molecule is C=CC1=C(C)c2nc1cc1[nH]c(cc3nc(cc4cc(C)c([nH]4)c2CC)C=C3C)c(C=C)c1C.CCCCCCCCCCC(C)OC(=O)[C@@](Cc1c[nH]cn1)(C(N)=[18O])N(C)CC.[C]=O.[Fe]. The number of aromatic amines is 3. The van der Waals surface area contributed by atoms with Gasteiger partial charge in [-0.05, 0) is 120 Å². The van der Waals surface area contributed by atoms with E-state index in [4.69, 9.17) is 25.2 Å². The van der Waals surface area contributed by atoms with E-state index in [0.717, 1.165) is 98.4 Å². The molecule has 1 unspecified atom stereocenters. The first-order chi connectivity index (χ1) is 31.2. The molecular weight excluding hydrogens is 870 g/mol. The molecule has 66 heavy (non-hydrogen) atoms. The molecule has 0 spiro atoms. The third-order valence-electron chi connectivity index (χ3n) is 12.5. The molecule has 12 nitrogen and oxygen atoms in total. The smallest absolute Gasteiger partial charge is 0.337 e. The maximum Gasteiger partial charge on any atom is 0.337 e. The van der Waals surface area contributed by atoms with Gasteiger partial charge in [0.1, 0.15) is 0 Å². The Labute approximate surface area is 402 Å². The summed E-state index contributed by atoms with van der Waals surface area (Å²) in [6, 6.07) is 8.53. The quantitative estimate of drug-likeness (QED) is 0.0236. The van der Waals surface area contributed by atoms with Crippen LogP contribution in [0.15, 0.2) is 56.0 Å². The first kappa shape index (κ1) is 54.7. The molecule has 0 fully saturated rings. The number of fused-ring (bicyclic) bond motifs is 8. The first-order valence-electron chi connectivity index (χ1n) is 23.0. The van der Waals surface area contributed by atoms with E-state index >= 15 is 0 Å². The average Bonchev–Trinajstić information content (AvgIpc) is 4.12. The molecule has 13 heteroatoms. The molecule has 2 atom stereocenters. The van der Waals surface area contributed by atoms with Gasteiger partial charge in [0, 0.05) is 68.5 Å². The second kappa shape index (κ2) is 25.9. The Bertz CT molecular complexity index is 2530. The van der Waals surface area contributed by atoms with Gasteiger partial charge in [-0.2, -0.15) is 0 Å². The van der Waals surface area contributed by atoms with Crippen LogP contribution in [0.25, 0.3) is 50.9 Å². The number of likely N-dealkylation sites (N-methyl/N-ethyl adjacent to an activating group) is 1. The van der Waals surface area contributed by atoms with Gasteiger partial charge in [0.15, 0.2) is 0 Å². The van der Waals surface area contributed by atoms with Crippen LogP contribution >= 0.6 is 0 Å². The topological polar surface area (TPSA) is 176 Å². The minimum Gasteiger partial charge on any atom is -0.461 e. The Morgan fingerprint density at radius 1 is 0.939 bits per heavy atom. The second-order valence-corrected chi connectivity index (χ2v) is 17.0. The molecule has 1 amide bonds. The summed E-state index contributed by atoms with van der Waals surface area (Å²) in [7, 11) is 1.71. The van der Waals surface area contributed by atoms with Crippen molar-refractivity contribution in [3.63, 3.8) is 0 Å². The number of esters is 1. The van der Waals surface area contributed by atoms with Crippen molar-refractivity contribution in [1.29, 1.82) is 0 Å². The van der Waals surface area contributed by atoms with E-state index < -0.39 is 17.4 Å². The largest absolute Gasteiger partial charge is 0.461 e. The second-order valence-electron chi connectivity index (χ2n) is 17.0. The van der Waals surface area contributed by atoms with Gasteiger partial charge in [-0.25, -0.2) is 19.7 Å². The van der Waals surface area contributed by atoms with Gasteiger partial charge in [0.2, 0.25) is 11.4 Å². The van der Waals surface area contributed by atoms with Gasteiger partial charge < -0.3 is 25.4 Å². The number of H-pyrrole nitrogens is 3. The number of carbonyl (C=O) groups excluding carboxylic acids is 3. The monoisotopic (exact) mass is 940 g/mol. The van der Waals surface area contributed by atoms with Crippen LogP contribution < -0.4 is 5.73 Å². The number of hydrogen-bond acceptors (Lipinski definition) is 8. The fourth-order valence-electron chi connectivity index (χ4n) is 8.63. The fraction of sp³-hybridized carbons (Fsp3) is 0.434. The minimum atomic E-state index is -1.56. The summed E-state index contributed by atoms with van der Waals surface area (Å²) in [5.41, 5.74) is 20.8. The molecule has 0 aromatic carbocycles. The van der Waals surface area contributed by atoms with Crippen LogP contribution in [0, 0.1) is 13.8 Å². The number of nitrogens with zero attached hydrogens (tertiary/aromatic N) is 4. The number of nitrogens with one attached hydrogen (secondary N) is 3. The number of imidazole rings is 1. The molecular formula is C53H70FeN8O4. The normalized spacial score (nSPS) is 13.3. The van der Waals surface area contributed by atoms with E-state index in [2.05, 4.69) is 112 Å². The summed E-state index contributed by atoms with van der Waals surface area (Å²) in [6.45, 7) is 29.8. The Hall–Kier alpha value is -5.62.